The van der Waals surface area contributed by atoms with E-state index >= 15 is 0 Å². The number of aromatic nitrogens is 1. The first-order valence-electron chi connectivity index (χ1n) is 5.82. The number of pyridine rings is 1. The molecule has 1 unspecified atom stereocenters. The molecule has 1 aromatic heterocycles. The number of carbonyl (C=O) groups excluding carboxylic acids is 1. The number of nitrogens with one attached hydrogen (secondary N) is 1. The monoisotopic (exact) mass is 234 g/mol. The average Bonchev–Trinajstić information content (AvgIpc) is 3.11. The Morgan fingerprint density at radius 2 is 2.35 bits per heavy atom. The summed E-state index contributed by atoms with van der Waals surface area (Å²) in [6.45, 7) is 1.87. The summed E-state index contributed by atoms with van der Waals surface area (Å²) in [5.74, 6) is 0.0474. The molecule has 1 aliphatic carbocycles. The Labute approximate surface area is 101 Å². The van der Waals surface area contributed by atoms with Gasteiger partial charge in [0.25, 0.3) is 0 Å². The van der Waals surface area contributed by atoms with E-state index < -0.39 is 0 Å². The molecular formula is C12H18N4O. The largest absolute Gasteiger partial charge is 0.396 e. The maximum Gasteiger partial charge on any atom is 0.242 e. The third-order valence-electron chi connectivity index (χ3n) is 3.09. The first-order chi connectivity index (χ1) is 8.09. The van der Waals surface area contributed by atoms with Crippen LogP contribution in [0.5, 0.6) is 0 Å². The molecule has 2 rings (SSSR count). The molecular weight excluding hydrogens is 216 g/mol. The van der Waals surface area contributed by atoms with E-state index in [0.717, 1.165) is 18.5 Å². The summed E-state index contributed by atoms with van der Waals surface area (Å²) in [5, 5.41) is 2.99. The van der Waals surface area contributed by atoms with Crippen LogP contribution in [0.1, 0.15) is 19.8 Å². The smallest absolute Gasteiger partial charge is 0.242 e. The Morgan fingerprint density at radius 1 is 1.65 bits per heavy atom. The zero-order chi connectivity index (χ0) is 12.4. The zero-order valence-electron chi connectivity index (χ0n) is 10.2. The van der Waals surface area contributed by atoms with Gasteiger partial charge >= 0.3 is 0 Å². The van der Waals surface area contributed by atoms with Crippen molar-refractivity contribution in [2.75, 3.05) is 17.7 Å². The van der Waals surface area contributed by atoms with Crippen LogP contribution in [-0.4, -0.2) is 30.0 Å². The van der Waals surface area contributed by atoms with Gasteiger partial charge in [0.15, 0.2) is 0 Å². The molecule has 0 aliphatic heterocycles. The van der Waals surface area contributed by atoms with E-state index in [-0.39, 0.29) is 11.9 Å². The average molecular weight is 234 g/mol. The molecule has 0 radical (unpaired) electrons. The van der Waals surface area contributed by atoms with Crippen LogP contribution in [0.4, 0.5) is 11.4 Å². The van der Waals surface area contributed by atoms with Gasteiger partial charge in [-0.2, -0.15) is 0 Å². The predicted molar refractivity (Wildman–Crippen MR) is 67.7 cm³/mol. The Balaban J connectivity index is 2.05. The lowest BCUT2D eigenvalue weighted by Crippen LogP contribution is -2.44. The molecule has 0 saturated heterocycles. The predicted octanol–water partition coefficient (Wildman–Crippen LogP) is 0.767. The highest BCUT2D eigenvalue weighted by molar-refractivity contribution is 5.86. The van der Waals surface area contributed by atoms with E-state index in [1.54, 1.807) is 12.4 Å². The molecule has 1 atom stereocenters. The third-order valence-corrected chi connectivity index (χ3v) is 3.09. The number of likely N-dealkylation sites (N-methyl/N-ethyl adjacent to an activating group) is 1. The molecule has 1 saturated carbocycles. The van der Waals surface area contributed by atoms with Gasteiger partial charge in [-0.05, 0) is 25.8 Å². The zero-order valence-corrected chi connectivity index (χ0v) is 10.2. The summed E-state index contributed by atoms with van der Waals surface area (Å²) >= 11 is 0. The lowest BCUT2D eigenvalue weighted by Gasteiger charge is -2.27. The maximum absolute atomic E-state index is 11.9. The second-order valence-electron chi connectivity index (χ2n) is 4.50. The SMILES string of the molecule is CC(C(=O)NC1CC1)N(C)c1ccncc1N. The van der Waals surface area contributed by atoms with Gasteiger partial charge in [-0.15, -0.1) is 0 Å². The second-order valence-corrected chi connectivity index (χ2v) is 4.50. The number of carbonyl (C=O) groups is 1. The summed E-state index contributed by atoms with van der Waals surface area (Å²) in [5.41, 5.74) is 7.25. The highest BCUT2D eigenvalue weighted by Crippen LogP contribution is 2.23. The lowest BCUT2D eigenvalue weighted by molar-refractivity contribution is -0.122. The van der Waals surface area contributed by atoms with Crippen LogP contribution in [0, 0.1) is 0 Å². The number of nitrogen functional groups attached to an aromatic ring is 1. The van der Waals surface area contributed by atoms with E-state index in [1.807, 2.05) is 24.9 Å². The van der Waals surface area contributed by atoms with Crippen molar-refractivity contribution in [1.82, 2.24) is 10.3 Å². The topological polar surface area (TPSA) is 71.2 Å². The number of anilines is 2. The third kappa shape index (κ3) is 2.67. The maximum atomic E-state index is 11.9. The van der Waals surface area contributed by atoms with Gasteiger partial charge in [0.2, 0.25) is 5.91 Å². The van der Waals surface area contributed by atoms with Crippen molar-refractivity contribution in [3.63, 3.8) is 0 Å². The quantitative estimate of drug-likeness (QED) is 0.807. The summed E-state index contributed by atoms with van der Waals surface area (Å²) in [6.07, 6.45) is 5.46. The summed E-state index contributed by atoms with van der Waals surface area (Å²) < 4.78 is 0. The van der Waals surface area contributed by atoms with Gasteiger partial charge in [0.05, 0.1) is 17.6 Å². The number of nitrogens with zero attached hydrogens (tertiary/aromatic N) is 2. The molecule has 92 valence electrons. The number of nitrogens with two attached hydrogens (primary N) is 1. The number of rotatable bonds is 4. The molecule has 5 heteroatoms. The second kappa shape index (κ2) is 4.61. The molecule has 0 aromatic carbocycles. The minimum atomic E-state index is -0.236. The standard InChI is InChI=1S/C12H18N4O/c1-8(12(17)15-9-3-4-9)16(2)11-5-6-14-7-10(11)13/h5-9H,3-4,13H2,1-2H3,(H,15,17). The minimum Gasteiger partial charge on any atom is -0.396 e. The van der Waals surface area contributed by atoms with E-state index in [0.29, 0.717) is 11.7 Å². The van der Waals surface area contributed by atoms with Crippen LogP contribution in [0.3, 0.4) is 0 Å². The van der Waals surface area contributed by atoms with E-state index in [2.05, 4.69) is 10.3 Å². The summed E-state index contributed by atoms with van der Waals surface area (Å²) in [6, 6.07) is 1.96. The van der Waals surface area contributed by atoms with Crippen molar-refractivity contribution >= 4 is 17.3 Å². The van der Waals surface area contributed by atoms with E-state index in [1.165, 1.54) is 0 Å². The van der Waals surface area contributed by atoms with E-state index in [9.17, 15) is 4.79 Å². The molecule has 1 heterocycles. The van der Waals surface area contributed by atoms with Crippen LogP contribution in [0.25, 0.3) is 0 Å². The first-order valence-corrected chi connectivity index (χ1v) is 5.82. The molecule has 3 N–H and O–H groups in total. The van der Waals surface area contributed by atoms with Crippen molar-refractivity contribution in [1.29, 1.82) is 0 Å². The lowest BCUT2D eigenvalue weighted by atomic mass is 10.2. The van der Waals surface area contributed by atoms with Crippen LogP contribution >= 0.6 is 0 Å². The Morgan fingerprint density at radius 3 is 2.94 bits per heavy atom. The van der Waals surface area contributed by atoms with Gasteiger partial charge in [-0.3, -0.25) is 9.78 Å². The van der Waals surface area contributed by atoms with Crippen molar-refractivity contribution in [2.24, 2.45) is 0 Å². The van der Waals surface area contributed by atoms with Crippen LogP contribution in [0.2, 0.25) is 0 Å². The molecule has 1 amide bonds. The fourth-order valence-corrected chi connectivity index (χ4v) is 1.65. The van der Waals surface area contributed by atoms with Crippen LogP contribution < -0.4 is 16.0 Å². The van der Waals surface area contributed by atoms with Gasteiger partial charge < -0.3 is 16.0 Å². The van der Waals surface area contributed by atoms with Crippen molar-refractivity contribution in [3.8, 4) is 0 Å². The molecule has 5 nitrogen and oxygen atoms in total. The van der Waals surface area contributed by atoms with Crippen molar-refractivity contribution in [3.05, 3.63) is 18.5 Å². The number of hydrogen-bond acceptors (Lipinski definition) is 4. The van der Waals surface area contributed by atoms with E-state index in [4.69, 9.17) is 5.73 Å². The molecule has 1 aromatic rings. The van der Waals surface area contributed by atoms with Gasteiger partial charge in [-0.25, -0.2) is 0 Å². The fourth-order valence-electron chi connectivity index (χ4n) is 1.65. The normalized spacial score (nSPS) is 16.4. The molecule has 0 bridgehead atoms. The Hall–Kier alpha value is -1.78. The molecule has 1 aliphatic rings. The van der Waals surface area contributed by atoms with Gasteiger partial charge in [0.1, 0.15) is 6.04 Å². The highest BCUT2D eigenvalue weighted by Gasteiger charge is 2.27. The fraction of sp³-hybridized carbons (Fsp3) is 0.500. The van der Waals surface area contributed by atoms with Gasteiger partial charge in [-0.1, -0.05) is 0 Å². The molecule has 17 heavy (non-hydrogen) atoms. The highest BCUT2D eigenvalue weighted by atomic mass is 16.2. The minimum absolute atomic E-state index is 0.0474. The molecule has 1 fully saturated rings. The summed E-state index contributed by atoms with van der Waals surface area (Å²) in [7, 11) is 1.86. The number of amides is 1. The van der Waals surface area contributed by atoms with Crippen LogP contribution in [0.15, 0.2) is 18.5 Å². The van der Waals surface area contributed by atoms with Crippen molar-refractivity contribution < 1.29 is 4.79 Å². The first kappa shape index (κ1) is 11.7. The van der Waals surface area contributed by atoms with Crippen LogP contribution in [-0.2, 0) is 4.79 Å². The van der Waals surface area contributed by atoms with Crippen molar-refractivity contribution in [2.45, 2.75) is 31.8 Å². The molecule has 0 spiro atoms. The Kier molecular flexibility index (Phi) is 3.17. The summed E-state index contributed by atoms with van der Waals surface area (Å²) in [4.78, 5) is 17.7. The number of hydrogen-bond donors (Lipinski definition) is 2. The van der Waals surface area contributed by atoms with Gasteiger partial charge in [0, 0.05) is 19.3 Å². The Bertz CT molecular complexity index is 417.